The van der Waals surface area contributed by atoms with E-state index in [1.807, 2.05) is 46.8 Å². The number of pyridine rings is 1. The third kappa shape index (κ3) is 7.39. The average Bonchev–Trinajstić information content (AvgIpc) is 2.36. The molecule has 0 fully saturated rings. The zero-order chi connectivity index (χ0) is 16.8. The molecule has 0 amide bonds. The fourth-order valence-electron chi connectivity index (χ4n) is 2.16. The minimum absolute atomic E-state index is 0.103. The van der Waals surface area contributed by atoms with Gasteiger partial charge in [0.25, 0.3) is 0 Å². The van der Waals surface area contributed by atoms with Gasteiger partial charge < -0.3 is 4.74 Å². The number of halogens is 1. The fraction of sp³-hybridized carbons (Fsp3) is 0.667. The first kappa shape index (κ1) is 19.1. The molecule has 0 unspecified atom stereocenters. The van der Waals surface area contributed by atoms with Gasteiger partial charge in [0.15, 0.2) is 0 Å². The first-order valence-electron chi connectivity index (χ1n) is 7.95. The Balaban J connectivity index is 2.29. The second-order valence-electron chi connectivity index (χ2n) is 7.40. The first-order chi connectivity index (χ1) is 10.1. The summed E-state index contributed by atoms with van der Waals surface area (Å²) in [6.07, 6.45) is 5.05. The van der Waals surface area contributed by atoms with E-state index in [2.05, 4.69) is 27.0 Å². The van der Waals surface area contributed by atoms with Crippen molar-refractivity contribution in [2.24, 2.45) is 5.41 Å². The Labute approximate surface area is 143 Å². The molecule has 0 N–H and O–H groups in total. The van der Waals surface area contributed by atoms with Crippen molar-refractivity contribution < 1.29 is 9.53 Å². The van der Waals surface area contributed by atoms with Crippen LogP contribution >= 0.6 is 15.9 Å². The van der Waals surface area contributed by atoms with Gasteiger partial charge in [-0.15, -0.1) is 0 Å². The molecule has 22 heavy (non-hydrogen) atoms. The van der Waals surface area contributed by atoms with Crippen molar-refractivity contribution in [3.8, 4) is 0 Å². The first-order valence-corrected chi connectivity index (χ1v) is 8.74. The maximum Gasteiger partial charge on any atom is 0.312 e. The van der Waals surface area contributed by atoms with E-state index >= 15 is 0 Å². The summed E-state index contributed by atoms with van der Waals surface area (Å²) < 4.78 is 6.37. The lowest BCUT2D eigenvalue weighted by atomic mass is 9.86. The number of nitrogens with zero attached hydrogens (tertiary/aromatic N) is 1. The number of ether oxygens (including phenoxy) is 1. The summed E-state index contributed by atoms with van der Waals surface area (Å²) in [6, 6.07) is 6.00. The average molecular weight is 370 g/mol. The predicted octanol–water partition coefficient (Wildman–Crippen LogP) is 5.31. The van der Waals surface area contributed by atoms with Gasteiger partial charge >= 0.3 is 5.97 Å². The Morgan fingerprint density at radius 2 is 1.82 bits per heavy atom. The lowest BCUT2D eigenvalue weighted by Gasteiger charge is -2.28. The van der Waals surface area contributed by atoms with E-state index in [-0.39, 0.29) is 5.97 Å². The summed E-state index contributed by atoms with van der Waals surface area (Å²) >= 11 is 3.39. The molecule has 0 spiro atoms. The van der Waals surface area contributed by atoms with Crippen molar-refractivity contribution in [1.29, 1.82) is 0 Å². The van der Waals surface area contributed by atoms with Gasteiger partial charge in [0, 0.05) is 5.69 Å². The summed E-state index contributed by atoms with van der Waals surface area (Å²) in [6.45, 7) is 9.66. The van der Waals surface area contributed by atoms with Gasteiger partial charge in [0.2, 0.25) is 0 Å². The highest BCUT2D eigenvalue weighted by Crippen LogP contribution is 2.28. The van der Waals surface area contributed by atoms with E-state index in [0.717, 1.165) is 42.4 Å². The normalized spacial score (nSPS) is 12.3. The van der Waals surface area contributed by atoms with Crippen LogP contribution in [-0.4, -0.2) is 16.6 Å². The molecule has 3 nitrogen and oxygen atoms in total. The van der Waals surface area contributed by atoms with Crippen molar-refractivity contribution in [3.63, 3.8) is 0 Å². The molecule has 0 radical (unpaired) electrons. The van der Waals surface area contributed by atoms with Gasteiger partial charge in [-0.1, -0.05) is 18.9 Å². The fourth-order valence-corrected chi connectivity index (χ4v) is 2.54. The van der Waals surface area contributed by atoms with Crippen LogP contribution in [0.2, 0.25) is 0 Å². The summed E-state index contributed by atoms with van der Waals surface area (Å²) in [5, 5.41) is 0. The number of aromatic nitrogens is 1. The largest absolute Gasteiger partial charge is 0.460 e. The maximum absolute atomic E-state index is 12.2. The van der Waals surface area contributed by atoms with Crippen molar-refractivity contribution in [1.82, 2.24) is 4.98 Å². The lowest BCUT2D eigenvalue weighted by Crippen LogP contribution is -2.33. The quantitative estimate of drug-likeness (QED) is 0.371. The van der Waals surface area contributed by atoms with Crippen molar-refractivity contribution >= 4 is 21.9 Å². The molecule has 4 heteroatoms. The highest BCUT2D eigenvalue weighted by Gasteiger charge is 2.31. The van der Waals surface area contributed by atoms with Crippen molar-refractivity contribution in [2.45, 2.75) is 72.3 Å². The number of unbranched alkanes of at least 4 members (excludes halogenated alkanes) is 2. The molecule has 0 saturated heterocycles. The molecule has 1 heterocycles. The van der Waals surface area contributed by atoms with Crippen LogP contribution in [0.1, 0.15) is 66.0 Å². The van der Waals surface area contributed by atoms with E-state index in [9.17, 15) is 4.79 Å². The second-order valence-corrected chi connectivity index (χ2v) is 8.21. The number of carbonyl (C=O) groups is 1. The molecule has 0 saturated carbocycles. The predicted molar refractivity (Wildman–Crippen MR) is 93.7 cm³/mol. The standard InChI is InChI=1S/C18H28BrNO2/c1-17(2,3)22-16(21)18(4,5)13-8-6-7-10-14-11-9-12-15(19)20-14/h9,11-12H,6-8,10,13H2,1-5H3. The minimum atomic E-state index is -0.416. The molecular formula is C18H28BrNO2. The Morgan fingerprint density at radius 3 is 2.41 bits per heavy atom. The molecule has 124 valence electrons. The number of rotatable bonds is 7. The van der Waals surface area contributed by atoms with Crippen LogP contribution < -0.4 is 0 Å². The molecule has 1 aromatic heterocycles. The highest BCUT2D eigenvalue weighted by molar-refractivity contribution is 9.10. The summed E-state index contributed by atoms with van der Waals surface area (Å²) in [5.41, 5.74) is 0.281. The Bertz CT molecular complexity index is 492. The zero-order valence-corrected chi connectivity index (χ0v) is 16.0. The van der Waals surface area contributed by atoms with Gasteiger partial charge in [0.1, 0.15) is 10.2 Å². The number of carbonyl (C=O) groups excluding carboxylic acids is 1. The van der Waals surface area contributed by atoms with Crippen LogP contribution in [0.5, 0.6) is 0 Å². The summed E-state index contributed by atoms with van der Waals surface area (Å²) in [4.78, 5) is 16.6. The number of hydrogen-bond donors (Lipinski definition) is 0. The maximum atomic E-state index is 12.2. The van der Waals surface area contributed by atoms with E-state index in [1.54, 1.807) is 0 Å². The molecule has 0 bridgehead atoms. The Morgan fingerprint density at radius 1 is 1.14 bits per heavy atom. The van der Waals surface area contributed by atoms with Gasteiger partial charge in [-0.2, -0.15) is 0 Å². The third-order valence-electron chi connectivity index (χ3n) is 3.46. The van der Waals surface area contributed by atoms with Gasteiger partial charge in [-0.25, -0.2) is 4.98 Å². The van der Waals surface area contributed by atoms with Crippen LogP contribution in [0.15, 0.2) is 22.8 Å². The SMILES string of the molecule is CC(C)(C)OC(=O)C(C)(C)CCCCCc1cccc(Br)n1. The number of aryl methyl sites for hydroxylation is 1. The van der Waals surface area contributed by atoms with E-state index in [4.69, 9.17) is 4.74 Å². The minimum Gasteiger partial charge on any atom is -0.460 e. The smallest absolute Gasteiger partial charge is 0.312 e. The molecule has 1 rings (SSSR count). The molecule has 0 aliphatic rings. The van der Waals surface area contributed by atoms with Crippen LogP contribution in [0.25, 0.3) is 0 Å². The molecule has 0 aliphatic heterocycles. The molecule has 0 aromatic carbocycles. The number of esters is 1. The molecule has 1 aromatic rings. The zero-order valence-electron chi connectivity index (χ0n) is 14.4. The van der Waals surface area contributed by atoms with Crippen molar-refractivity contribution in [3.05, 3.63) is 28.5 Å². The summed E-state index contributed by atoms with van der Waals surface area (Å²) in [5.74, 6) is -0.103. The van der Waals surface area contributed by atoms with E-state index in [1.165, 1.54) is 0 Å². The van der Waals surface area contributed by atoms with Crippen LogP contribution in [0.3, 0.4) is 0 Å². The van der Waals surface area contributed by atoms with Gasteiger partial charge in [-0.3, -0.25) is 4.79 Å². The van der Waals surface area contributed by atoms with E-state index < -0.39 is 11.0 Å². The van der Waals surface area contributed by atoms with E-state index in [0.29, 0.717) is 0 Å². The Hall–Kier alpha value is -0.900. The second kappa shape index (κ2) is 8.09. The lowest BCUT2D eigenvalue weighted by molar-refractivity contribution is -0.166. The highest BCUT2D eigenvalue weighted by atomic mass is 79.9. The van der Waals surface area contributed by atoms with Gasteiger partial charge in [-0.05, 0) is 81.9 Å². The summed E-state index contributed by atoms with van der Waals surface area (Å²) in [7, 11) is 0. The molecular weight excluding hydrogens is 342 g/mol. The molecule has 0 atom stereocenters. The van der Waals surface area contributed by atoms with Crippen LogP contribution in [0.4, 0.5) is 0 Å². The van der Waals surface area contributed by atoms with Gasteiger partial charge in [0.05, 0.1) is 5.41 Å². The Kier molecular flexibility index (Phi) is 7.04. The third-order valence-corrected chi connectivity index (χ3v) is 3.90. The van der Waals surface area contributed by atoms with Crippen LogP contribution in [0, 0.1) is 5.41 Å². The number of hydrogen-bond acceptors (Lipinski definition) is 3. The topological polar surface area (TPSA) is 39.2 Å². The monoisotopic (exact) mass is 369 g/mol. The van der Waals surface area contributed by atoms with Crippen molar-refractivity contribution in [2.75, 3.05) is 0 Å². The van der Waals surface area contributed by atoms with Crippen LogP contribution in [-0.2, 0) is 16.0 Å². The molecule has 0 aliphatic carbocycles.